The number of aliphatic hydroxyl groups is 1. The Balaban J connectivity index is 1.94. The predicted molar refractivity (Wildman–Crippen MR) is 112 cm³/mol. The van der Waals surface area contributed by atoms with E-state index in [2.05, 4.69) is 4.98 Å². The van der Waals surface area contributed by atoms with E-state index in [1.807, 2.05) is 36.4 Å². The van der Waals surface area contributed by atoms with Crippen molar-refractivity contribution in [3.8, 4) is 0 Å². The minimum absolute atomic E-state index is 0.101. The first-order valence-electron chi connectivity index (χ1n) is 9.82. The van der Waals surface area contributed by atoms with Gasteiger partial charge in [-0.3, -0.25) is 4.98 Å². The van der Waals surface area contributed by atoms with Crippen LogP contribution in [0, 0.1) is 0 Å². The number of nitrogens with zero attached hydrogens (tertiary/aromatic N) is 2. The third-order valence-electron chi connectivity index (χ3n) is 5.49. The average molecular weight is 409 g/mol. The van der Waals surface area contributed by atoms with E-state index in [4.69, 9.17) is 0 Å². The van der Waals surface area contributed by atoms with Gasteiger partial charge in [0.2, 0.25) is 10.0 Å². The number of rotatable bonds is 5. The summed E-state index contributed by atoms with van der Waals surface area (Å²) in [6, 6.07) is 19.8. The number of piperidine rings is 1. The van der Waals surface area contributed by atoms with Gasteiger partial charge in [0, 0.05) is 31.0 Å². The third kappa shape index (κ3) is 3.59. The molecule has 0 radical (unpaired) electrons. The lowest BCUT2D eigenvalue weighted by molar-refractivity contribution is 0.122. The van der Waals surface area contributed by atoms with E-state index in [1.54, 1.807) is 24.3 Å². The van der Waals surface area contributed by atoms with Gasteiger partial charge in [-0.2, -0.15) is 4.31 Å². The molecule has 2 heterocycles. The number of hydrogen-bond acceptors (Lipinski definition) is 4. The summed E-state index contributed by atoms with van der Waals surface area (Å²) >= 11 is 0. The van der Waals surface area contributed by atoms with Gasteiger partial charge in [0.05, 0.1) is 4.90 Å². The molecule has 5 nitrogen and oxygen atoms in total. The molecule has 0 atom stereocenters. The number of sulfonamides is 1. The van der Waals surface area contributed by atoms with Crippen LogP contribution in [0.4, 0.5) is 0 Å². The molecule has 1 aliphatic heterocycles. The maximum Gasteiger partial charge on any atom is 0.243 e. The van der Waals surface area contributed by atoms with Crippen molar-refractivity contribution in [3.05, 3.63) is 95.8 Å². The molecule has 2 aromatic carbocycles. The lowest BCUT2D eigenvalue weighted by Crippen LogP contribution is -2.38. The zero-order chi connectivity index (χ0) is 20.3. The standard InChI is InChI=1S/C23H24N2O3S/c26-23(19-10-4-1-5-11-19,20-12-6-2-7-13-20)21-18-24-15-14-22(21)29(27,28)25-16-8-3-9-17-25/h1-2,4-7,10-15,18,26H,3,8-9,16-17H2. The van der Waals surface area contributed by atoms with Crippen molar-refractivity contribution in [1.29, 1.82) is 0 Å². The maximum absolute atomic E-state index is 13.5. The lowest BCUT2D eigenvalue weighted by Gasteiger charge is -2.33. The fourth-order valence-corrected chi connectivity index (χ4v) is 5.69. The van der Waals surface area contributed by atoms with Crippen LogP contribution in [0.3, 0.4) is 0 Å². The fraction of sp³-hybridized carbons (Fsp3) is 0.261. The number of hydrogen-bond donors (Lipinski definition) is 1. The molecule has 1 fully saturated rings. The monoisotopic (exact) mass is 408 g/mol. The van der Waals surface area contributed by atoms with Gasteiger partial charge in [-0.15, -0.1) is 0 Å². The molecule has 6 heteroatoms. The maximum atomic E-state index is 13.5. The van der Waals surface area contributed by atoms with E-state index in [0.717, 1.165) is 19.3 Å². The van der Waals surface area contributed by atoms with E-state index in [9.17, 15) is 13.5 Å². The van der Waals surface area contributed by atoms with Gasteiger partial charge in [-0.25, -0.2) is 8.42 Å². The Kier molecular flexibility index (Phi) is 5.50. The Labute approximate surface area is 171 Å². The van der Waals surface area contributed by atoms with E-state index < -0.39 is 15.6 Å². The minimum atomic E-state index is -3.76. The molecule has 0 spiro atoms. The van der Waals surface area contributed by atoms with E-state index in [1.165, 1.54) is 22.8 Å². The van der Waals surface area contributed by atoms with Crippen LogP contribution in [0.25, 0.3) is 0 Å². The van der Waals surface area contributed by atoms with Crippen LogP contribution in [0.2, 0.25) is 0 Å². The van der Waals surface area contributed by atoms with E-state index in [-0.39, 0.29) is 10.5 Å². The summed E-state index contributed by atoms with van der Waals surface area (Å²) in [6.45, 7) is 0.998. The molecule has 150 valence electrons. The quantitative estimate of drug-likeness (QED) is 0.701. The Morgan fingerprint density at radius 1 is 0.828 bits per heavy atom. The Morgan fingerprint density at radius 2 is 1.38 bits per heavy atom. The van der Waals surface area contributed by atoms with Crippen LogP contribution in [-0.2, 0) is 15.6 Å². The molecule has 1 saturated heterocycles. The summed E-state index contributed by atoms with van der Waals surface area (Å²) in [7, 11) is -3.76. The van der Waals surface area contributed by atoms with Crippen molar-refractivity contribution in [3.63, 3.8) is 0 Å². The van der Waals surface area contributed by atoms with Crippen molar-refractivity contribution in [1.82, 2.24) is 9.29 Å². The summed E-state index contributed by atoms with van der Waals surface area (Å²) in [5.74, 6) is 0. The normalized spacial score (nSPS) is 15.9. The smallest absolute Gasteiger partial charge is 0.243 e. The molecular formula is C23H24N2O3S. The minimum Gasteiger partial charge on any atom is -0.376 e. The molecule has 0 unspecified atom stereocenters. The number of benzene rings is 2. The topological polar surface area (TPSA) is 70.5 Å². The molecule has 0 saturated carbocycles. The summed E-state index contributed by atoms with van der Waals surface area (Å²) in [6.07, 6.45) is 5.67. The second kappa shape index (κ2) is 8.06. The van der Waals surface area contributed by atoms with Crippen molar-refractivity contribution in [2.24, 2.45) is 0 Å². The summed E-state index contributed by atoms with van der Waals surface area (Å²) in [5, 5.41) is 12.0. The second-order valence-corrected chi connectivity index (χ2v) is 9.19. The van der Waals surface area contributed by atoms with Gasteiger partial charge in [-0.05, 0) is 30.0 Å². The fourth-order valence-electron chi connectivity index (χ4n) is 3.96. The van der Waals surface area contributed by atoms with Crippen molar-refractivity contribution in [2.45, 2.75) is 29.8 Å². The van der Waals surface area contributed by atoms with Gasteiger partial charge in [-0.1, -0.05) is 67.1 Å². The highest BCUT2D eigenvalue weighted by Gasteiger charge is 2.40. The van der Waals surface area contributed by atoms with Crippen LogP contribution in [0.5, 0.6) is 0 Å². The SMILES string of the molecule is O=S(=O)(c1ccncc1C(O)(c1ccccc1)c1ccccc1)N1CCCCC1. The molecule has 4 rings (SSSR count). The van der Waals surface area contributed by atoms with Crippen LogP contribution in [-0.4, -0.2) is 35.9 Å². The van der Waals surface area contributed by atoms with E-state index >= 15 is 0 Å². The molecule has 1 aromatic heterocycles. The average Bonchev–Trinajstić information content (AvgIpc) is 2.80. The molecule has 1 aliphatic rings. The lowest BCUT2D eigenvalue weighted by atomic mass is 9.81. The van der Waals surface area contributed by atoms with Crippen LogP contribution < -0.4 is 0 Å². The van der Waals surface area contributed by atoms with E-state index in [0.29, 0.717) is 24.2 Å². The molecular weight excluding hydrogens is 384 g/mol. The Bertz CT molecular complexity index is 1020. The zero-order valence-corrected chi connectivity index (χ0v) is 16.9. The molecule has 0 bridgehead atoms. The van der Waals surface area contributed by atoms with Crippen molar-refractivity contribution >= 4 is 10.0 Å². The Morgan fingerprint density at radius 3 is 1.93 bits per heavy atom. The predicted octanol–water partition coefficient (Wildman–Crippen LogP) is 3.54. The van der Waals surface area contributed by atoms with Crippen molar-refractivity contribution < 1.29 is 13.5 Å². The molecule has 1 N–H and O–H groups in total. The summed E-state index contributed by atoms with van der Waals surface area (Å²) in [5.41, 5.74) is -0.193. The first-order chi connectivity index (χ1) is 14.0. The van der Waals surface area contributed by atoms with Gasteiger partial charge in [0.1, 0.15) is 5.60 Å². The van der Waals surface area contributed by atoms with Crippen LogP contribution >= 0.6 is 0 Å². The highest BCUT2D eigenvalue weighted by Crippen LogP contribution is 2.40. The largest absolute Gasteiger partial charge is 0.376 e. The summed E-state index contributed by atoms with van der Waals surface area (Å²) in [4.78, 5) is 4.28. The molecule has 0 aliphatic carbocycles. The van der Waals surface area contributed by atoms with Gasteiger partial charge in [0.25, 0.3) is 0 Å². The van der Waals surface area contributed by atoms with Crippen LogP contribution in [0.1, 0.15) is 36.0 Å². The van der Waals surface area contributed by atoms with Crippen molar-refractivity contribution in [2.75, 3.05) is 13.1 Å². The molecule has 3 aromatic rings. The Hall–Kier alpha value is -2.54. The first-order valence-corrected chi connectivity index (χ1v) is 11.3. The highest BCUT2D eigenvalue weighted by atomic mass is 32.2. The van der Waals surface area contributed by atoms with Gasteiger partial charge < -0.3 is 5.11 Å². The number of pyridine rings is 1. The second-order valence-electron chi connectivity index (χ2n) is 7.28. The first kappa shape index (κ1) is 19.8. The molecule has 0 amide bonds. The summed E-state index contributed by atoms with van der Waals surface area (Å²) < 4.78 is 28.5. The van der Waals surface area contributed by atoms with Gasteiger partial charge >= 0.3 is 0 Å². The highest BCUT2D eigenvalue weighted by molar-refractivity contribution is 7.89. The number of aromatic nitrogens is 1. The van der Waals surface area contributed by atoms with Gasteiger partial charge in [0.15, 0.2) is 0 Å². The zero-order valence-electron chi connectivity index (χ0n) is 16.1. The molecule has 29 heavy (non-hydrogen) atoms. The third-order valence-corrected chi connectivity index (χ3v) is 7.44. The van der Waals surface area contributed by atoms with Crippen LogP contribution in [0.15, 0.2) is 84.0 Å².